The number of hydrogen-bond acceptors (Lipinski definition) is 12. The van der Waals surface area contributed by atoms with Crippen molar-refractivity contribution in [3.63, 3.8) is 0 Å². The molecule has 0 amide bonds. The maximum Gasteiger partial charge on any atom is 0.335 e. The van der Waals surface area contributed by atoms with Crippen molar-refractivity contribution in [3.8, 4) is 0 Å². The summed E-state index contributed by atoms with van der Waals surface area (Å²) in [4.78, 5) is 25.3. The normalized spacial score (nSPS) is 53.1. The molecule has 2 heterocycles. The Bertz CT molecular complexity index is 1550. The van der Waals surface area contributed by atoms with Gasteiger partial charge < -0.3 is 59.8 Å². The van der Waals surface area contributed by atoms with E-state index < -0.39 is 102 Å². The lowest BCUT2D eigenvalue weighted by atomic mass is 9.33. The Morgan fingerprint density at radius 3 is 2.11 bits per heavy atom. The average Bonchev–Trinajstić information content (AvgIpc) is 3.08. The molecule has 0 radical (unpaired) electrons. The zero-order valence-corrected chi connectivity index (χ0v) is 33.3. The summed E-state index contributed by atoms with van der Waals surface area (Å²) >= 11 is 0. The minimum absolute atomic E-state index is 0.0342. The molecule has 2 aliphatic heterocycles. The molecule has 0 spiro atoms. The van der Waals surface area contributed by atoms with Gasteiger partial charge in [-0.1, -0.05) is 60.1 Å². The van der Waals surface area contributed by atoms with E-state index in [1.807, 2.05) is 0 Å². The number of allylic oxidation sites excluding steroid dienone is 2. The van der Waals surface area contributed by atoms with Crippen molar-refractivity contribution in [1.82, 2.24) is 0 Å². The molecule has 0 aromatic carbocycles. The SMILES string of the molecule is CC1(C)CC[C@]2(C(=O)O)[C@H](O)C[C@]3(C)C(=CC[C@@H]4[C@@]5(C)CC[C@H](O[C@@H]6O[C@H](C(=O)O)[C@@H](O)[C@H](O[C@@H]7OC[C@@H](O)[C@H](O)[C@H]7O)[C@H]6O)C(C)(C)[C@@H]5CC[C@]43C)[C@@H]2C1. The summed E-state index contributed by atoms with van der Waals surface area (Å²) in [5, 5.41) is 85.6. The highest BCUT2D eigenvalue weighted by molar-refractivity contribution is 5.77. The first-order chi connectivity index (χ1) is 25.5. The zero-order chi connectivity index (χ0) is 40.4. The molecule has 14 heteroatoms. The van der Waals surface area contributed by atoms with Gasteiger partial charge in [0.25, 0.3) is 0 Å². The Morgan fingerprint density at radius 2 is 1.45 bits per heavy atom. The predicted molar refractivity (Wildman–Crippen MR) is 194 cm³/mol. The number of ether oxygens (including phenoxy) is 4. The molecule has 4 saturated carbocycles. The fourth-order valence-electron chi connectivity index (χ4n) is 13.5. The van der Waals surface area contributed by atoms with Gasteiger partial charge in [-0.05, 0) is 103 Å². The van der Waals surface area contributed by atoms with Gasteiger partial charge in [-0.15, -0.1) is 0 Å². The lowest BCUT2D eigenvalue weighted by Gasteiger charge is -2.71. The second kappa shape index (κ2) is 13.7. The molecule has 0 aromatic rings. The molecule has 8 N–H and O–H groups in total. The van der Waals surface area contributed by atoms with Crippen LogP contribution in [0.2, 0.25) is 0 Å². The highest BCUT2D eigenvalue weighted by atomic mass is 16.7. The second-order valence-electron chi connectivity index (χ2n) is 20.4. The van der Waals surface area contributed by atoms with Crippen molar-refractivity contribution >= 4 is 11.9 Å². The molecule has 0 bridgehead atoms. The van der Waals surface area contributed by atoms with Crippen LogP contribution in [0.15, 0.2) is 11.6 Å². The number of aliphatic hydroxyl groups excluding tert-OH is 6. The molecular formula is C41H64O14. The van der Waals surface area contributed by atoms with Gasteiger partial charge in [-0.3, -0.25) is 4.79 Å². The molecule has 6 fully saturated rings. The quantitative estimate of drug-likeness (QED) is 0.143. The number of hydrogen-bond donors (Lipinski definition) is 8. The maximum absolute atomic E-state index is 13.1. The van der Waals surface area contributed by atoms with Crippen LogP contribution < -0.4 is 0 Å². The van der Waals surface area contributed by atoms with Crippen molar-refractivity contribution in [3.05, 3.63) is 11.6 Å². The van der Waals surface area contributed by atoms with E-state index in [0.29, 0.717) is 19.3 Å². The van der Waals surface area contributed by atoms with Crippen LogP contribution in [-0.2, 0) is 28.5 Å². The van der Waals surface area contributed by atoms with E-state index in [2.05, 4.69) is 54.5 Å². The predicted octanol–water partition coefficient (Wildman–Crippen LogP) is 2.58. The van der Waals surface area contributed by atoms with Gasteiger partial charge in [-0.25, -0.2) is 4.79 Å². The van der Waals surface area contributed by atoms with Gasteiger partial charge in [0.2, 0.25) is 0 Å². The topological polar surface area (TPSA) is 233 Å². The summed E-state index contributed by atoms with van der Waals surface area (Å²) in [7, 11) is 0. The summed E-state index contributed by atoms with van der Waals surface area (Å²) in [6.07, 6.45) is -7.81. The van der Waals surface area contributed by atoms with Gasteiger partial charge in [0.1, 0.15) is 42.0 Å². The molecule has 0 unspecified atom stereocenters. The van der Waals surface area contributed by atoms with Crippen molar-refractivity contribution in [2.45, 2.75) is 174 Å². The first kappa shape index (κ1) is 41.4. The van der Waals surface area contributed by atoms with Crippen LogP contribution in [0.5, 0.6) is 0 Å². The lowest BCUT2D eigenvalue weighted by molar-refractivity contribution is -0.357. The Hall–Kier alpha value is -1.72. The Kier molecular flexibility index (Phi) is 10.3. The van der Waals surface area contributed by atoms with E-state index >= 15 is 0 Å². The molecule has 2 saturated heterocycles. The molecule has 14 nitrogen and oxygen atoms in total. The molecule has 0 aromatic heterocycles. The van der Waals surface area contributed by atoms with Crippen LogP contribution in [-0.4, -0.2) is 127 Å². The molecule has 7 rings (SSSR count). The first-order valence-corrected chi connectivity index (χ1v) is 20.3. The lowest BCUT2D eigenvalue weighted by Crippen LogP contribution is -2.68. The second-order valence-corrected chi connectivity index (χ2v) is 20.4. The Balaban J connectivity index is 1.14. The van der Waals surface area contributed by atoms with E-state index in [9.17, 15) is 50.4 Å². The third kappa shape index (κ3) is 6.01. The minimum atomic E-state index is -1.88. The van der Waals surface area contributed by atoms with Gasteiger partial charge in [0, 0.05) is 0 Å². The van der Waals surface area contributed by atoms with E-state index in [1.165, 1.54) is 5.57 Å². The van der Waals surface area contributed by atoms with Crippen molar-refractivity contribution < 1.29 is 69.4 Å². The molecule has 18 atom stereocenters. The average molecular weight is 781 g/mol. The van der Waals surface area contributed by atoms with Crippen molar-refractivity contribution in [1.29, 1.82) is 0 Å². The van der Waals surface area contributed by atoms with Crippen LogP contribution >= 0.6 is 0 Å². The van der Waals surface area contributed by atoms with Gasteiger partial charge in [0.05, 0.1) is 18.8 Å². The van der Waals surface area contributed by atoms with Crippen molar-refractivity contribution in [2.24, 2.45) is 50.2 Å². The molecule has 7 aliphatic rings. The smallest absolute Gasteiger partial charge is 0.335 e. The minimum Gasteiger partial charge on any atom is -0.481 e. The zero-order valence-electron chi connectivity index (χ0n) is 33.3. The van der Waals surface area contributed by atoms with Gasteiger partial charge >= 0.3 is 11.9 Å². The summed E-state index contributed by atoms with van der Waals surface area (Å²) in [5.41, 5.74) is -1.27. The summed E-state index contributed by atoms with van der Waals surface area (Å²) < 4.78 is 23.3. The molecular weight excluding hydrogens is 716 g/mol. The van der Waals surface area contributed by atoms with Crippen molar-refractivity contribution in [2.75, 3.05) is 6.61 Å². The van der Waals surface area contributed by atoms with E-state index in [1.54, 1.807) is 0 Å². The molecule has 312 valence electrons. The number of aliphatic hydroxyl groups is 6. The van der Waals surface area contributed by atoms with Crippen LogP contribution in [0.4, 0.5) is 0 Å². The standard InChI is InChI=1S/C41H64O14/c1-36(2)14-15-41(35(50)51)20(16-36)19-8-9-23-38(5)12-11-25(37(3,4)22(38)10-13-39(23,6)40(19,7)17-24(41)43)53-34-29(47)30(28(46)31(55-34)32(48)49)54-33-27(45)26(44)21(42)18-52-33/h8,20-31,33-34,42-47H,9-18H2,1-7H3,(H,48,49)(H,50,51)/t20-,21+,22-,23+,24+,25-,26-,27+,28-,29+,30-,31-,33-,34+,38-,39+,40+,41+/m0/s1. The fraction of sp³-hybridized carbons (Fsp3) is 0.902. The fourth-order valence-corrected chi connectivity index (χ4v) is 13.5. The summed E-state index contributed by atoms with van der Waals surface area (Å²) in [5.74, 6) is -2.26. The van der Waals surface area contributed by atoms with E-state index in [4.69, 9.17) is 18.9 Å². The largest absolute Gasteiger partial charge is 0.481 e. The highest BCUT2D eigenvalue weighted by Crippen LogP contribution is 2.76. The highest BCUT2D eigenvalue weighted by Gasteiger charge is 2.71. The van der Waals surface area contributed by atoms with Crippen LogP contribution in [0.1, 0.15) is 106 Å². The third-order valence-electron chi connectivity index (χ3n) is 16.9. The van der Waals surface area contributed by atoms with Gasteiger partial charge in [0.15, 0.2) is 18.7 Å². The summed E-state index contributed by atoms with van der Waals surface area (Å²) in [6.45, 7) is 15.3. The number of rotatable bonds is 6. The number of fused-ring (bicyclic) bond motifs is 7. The number of carboxylic acids is 2. The molecule has 5 aliphatic carbocycles. The maximum atomic E-state index is 13.1. The van der Waals surface area contributed by atoms with E-state index in [0.717, 1.165) is 38.5 Å². The number of carboxylic acid groups (broad SMARTS) is 2. The Morgan fingerprint density at radius 1 is 0.764 bits per heavy atom. The monoisotopic (exact) mass is 780 g/mol. The van der Waals surface area contributed by atoms with Crippen LogP contribution in [0, 0.1) is 50.2 Å². The van der Waals surface area contributed by atoms with E-state index in [-0.39, 0.29) is 34.0 Å². The number of carbonyl (C=O) groups is 2. The van der Waals surface area contributed by atoms with Crippen LogP contribution in [0.3, 0.4) is 0 Å². The first-order valence-electron chi connectivity index (χ1n) is 20.3. The Labute approximate surface area is 323 Å². The van der Waals surface area contributed by atoms with Gasteiger partial charge in [-0.2, -0.15) is 0 Å². The third-order valence-corrected chi connectivity index (χ3v) is 16.9. The van der Waals surface area contributed by atoms with Crippen LogP contribution in [0.25, 0.3) is 0 Å². The summed E-state index contributed by atoms with van der Waals surface area (Å²) in [6, 6.07) is 0. The number of aliphatic carboxylic acids is 2. The molecule has 55 heavy (non-hydrogen) atoms.